The summed E-state index contributed by atoms with van der Waals surface area (Å²) in [5.41, 5.74) is 3.25. The highest BCUT2D eigenvalue weighted by molar-refractivity contribution is 6.30. The molecule has 3 rings (SSSR count). The van der Waals surface area contributed by atoms with Crippen LogP contribution in [0.15, 0.2) is 36.4 Å². The first-order chi connectivity index (χ1) is 15.0. The zero-order valence-electron chi connectivity index (χ0n) is 19.4. The van der Waals surface area contributed by atoms with Gasteiger partial charge >= 0.3 is 5.97 Å². The summed E-state index contributed by atoms with van der Waals surface area (Å²) in [5, 5.41) is 13.5. The molecule has 0 aromatic heterocycles. The van der Waals surface area contributed by atoms with Gasteiger partial charge in [-0.25, -0.2) is 4.79 Å². The summed E-state index contributed by atoms with van der Waals surface area (Å²) in [6.07, 6.45) is 1.43. The first-order valence-corrected chi connectivity index (χ1v) is 11.5. The summed E-state index contributed by atoms with van der Waals surface area (Å²) in [4.78, 5) is 27.2. The molecule has 5 nitrogen and oxygen atoms in total. The number of amides is 1. The average Bonchev–Trinajstić information content (AvgIpc) is 3.12. The van der Waals surface area contributed by atoms with E-state index in [0.29, 0.717) is 30.0 Å². The molecule has 1 aliphatic heterocycles. The number of carbonyl (C=O) groups excluding carboxylic acids is 1. The molecular weight excluding hydrogens is 424 g/mol. The third-order valence-corrected chi connectivity index (χ3v) is 6.47. The predicted molar refractivity (Wildman–Crippen MR) is 128 cm³/mol. The fourth-order valence-corrected chi connectivity index (χ4v) is 4.86. The number of carboxylic acid groups (broad SMARTS) is 1. The van der Waals surface area contributed by atoms with Crippen LogP contribution in [-0.4, -0.2) is 41.5 Å². The summed E-state index contributed by atoms with van der Waals surface area (Å²) >= 11 is 6.09. The lowest BCUT2D eigenvalue weighted by molar-refractivity contribution is -0.129. The number of halogens is 1. The number of nitrogens with zero attached hydrogens (tertiary/aromatic N) is 1. The minimum Gasteiger partial charge on any atom is -0.478 e. The molecule has 1 amide bonds. The van der Waals surface area contributed by atoms with E-state index in [1.807, 2.05) is 58.0 Å². The number of nitrogens with one attached hydrogen (secondary N) is 1. The number of benzene rings is 2. The van der Waals surface area contributed by atoms with Crippen molar-refractivity contribution in [1.82, 2.24) is 10.2 Å². The van der Waals surface area contributed by atoms with Gasteiger partial charge in [0.05, 0.1) is 5.56 Å². The SMILES string of the molecule is Cc1cc(C)c(C(=O)O)c(CC(C)(C)C(=O)NCC2CCN(Cc3cccc(Cl)c3)C2)c1. The first-order valence-electron chi connectivity index (χ1n) is 11.1. The largest absolute Gasteiger partial charge is 0.478 e. The van der Waals surface area contributed by atoms with Crippen LogP contribution in [0.1, 0.15) is 52.9 Å². The molecule has 1 aliphatic rings. The standard InChI is InChI=1S/C26H33ClN2O3/c1-17-10-18(2)23(24(30)31)21(11-17)13-26(3,4)25(32)28-14-20-8-9-29(16-20)15-19-6-5-7-22(27)12-19/h5-7,10-12,20H,8-9,13-16H2,1-4H3,(H,28,32)(H,30,31). The lowest BCUT2D eigenvalue weighted by Crippen LogP contribution is -2.41. The van der Waals surface area contributed by atoms with Gasteiger partial charge in [0.15, 0.2) is 0 Å². The van der Waals surface area contributed by atoms with E-state index in [2.05, 4.69) is 16.3 Å². The van der Waals surface area contributed by atoms with Crippen molar-refractivity contribution in [3.05, 3.63) is 69.2 Å². The molecule has 32 heavy (non-hydrogen) atoms. The Morgan fingerprint density at radius 2 is 1.97 bits per heavy atom. The van der Waals surface area contributed by atoms with Crippen molar-refractivity contribution < 1.29 is 14.7 Å². The van der Waals surface area contributed by atoms with Crippen molar-refractivity contribution >= 4 is 23.5 Å². The second-order valence-corrected chi connectivity index (χ2v) is 10.1. The number of hydrogen-bond donors (Lipinski definition) is 2. The summed E-state index contributed by atoms with van der Waals surface area (Å²) < 4.78 is 0. The Morgan fingerprint density at radius 3 is 2.66 bits per heavy atom. The molecule has 6 heteroatoms. The summed E-state index contributed by atoms with van der Waals surface area (Å²) in [6, 6.07) is 11.7. The van der Waals surface area contributed by atoms with Crippen molar-refractivity contribution in [2.45, 2.75) is 47.1 Å². The predicted octanol–water partition coefficient (Wildman–Crippen LogP) is 4.86. The molecule has 0 spiro atoms. The molecule has 1 saturated heterocycles. The highest BCUT2D eigenvalue weighted by Crippen LogP contribution is 2.28. The van der Waals surface area contributed by atoms with E-state index >= 15 is 0 Å². The first kappa shape index (κ1) is 24.3. The number of carboxylic acids is 1. The van der Waals surface area contributed by atoms with Crippen LogP contribution in [0.5, 0.6) is 0 Å². The summed E-state index contributed by atoms with van der Waals surface area (Å²) in [6.45, 7) is 11.0. The molecule has 0 saturated carbocycles. The maximum absolute atomic E-state index is 13.0. The fourth-order valence-electron chi connectivity index (χ4n) is 4.65. The zero-order chi connectivity index (χ0) is 23.5. The van der Waals surface area contributed by atoms with Gasteiger partial charge in [-0.2, -0.15) is 0 Å². The lowest BCUT2D eigenvalue weighted by atomic mass is 9.82. The van der Waals surface area contributed by atoms with E-state index in [-0.39, 0.29) is 5.91 Å². The number of likely N-dealkylation sites (tertiary alicyclic amines) is 1. The minimum absolute atomic E-state index is 0.0405. The van der Waals surface area contributed by atoms with Crippen LogP contribution in [0.25, 0.3) is 0 Å². The number of hydrogen-bond acceptors (Lipinski definition) is 3. The zero-order valence-corrected chi connectivity index (χ0v) is 20.1. The Hall–Kier alpha value is -2.37. The Morgan fingerprint density at radius 1 is 1.22 bits per heavy atom. The summed E-state index contributed by atoms with van der Waals surface area (Å²) in [7, 11) is 0. The highest BCUT2D eigenvalue weighted by Gasteiger charge is 2.31. The maximum atomic E-state index is 13.0. The molecule has 1 unspecified atom stereocenters. The van der Waals surface area contributed by atoms with Gasteiger partial charge in [0.25, 0.3) is 0 Å². The van der Waals surface area contributed by atoms with Crippen LogP contribution in [0.2, 0.25) is 5.02 Å². The molecule has 2 aromatic carbocycles. The fraction of sp³-hybridized carbons (Fsp3) is 0.462. The number of carbonyl (C=O) groups is 2. The van der Waals surface area contributed by atoms with Crippen molar-refractivity contribution in [2.24, 2.45) is 11.3 Å². The van der Waals surface area contributed by atoms with E-state index in [1.54, 1.807) is 0 Å². The van der Waals surface area contributed by atoms with Crippen LogP contribution >= 0.6 is 11.6 Å². The van der Waals surface area contributed by atoms with E-state index in [0.717, 1.165) is 42.2 Å². The van der Waals surface area contributed by atoms with Gasteiger partial charge in [-0.15, -0.1) is 0 Å². The van der Waals surface area contributed by atoms with E-state index in [4.69, 9.17) is 11.6 Å². The number of aromatic carboxylic acids is 1. The molecule has 0 radical (unpaired) electrons. The molecule has 2 aromatic rings. The molecule has 1 atom stereocenters. The highest BCUT2D eigenvalue weighted by atomic mass is 35.5. The van der Waals surface area contributed by atoms with Crippen molar-refractivity contribution in [2.75, 3.05) is 19.6 Å². The maximum Gasteiger partial charge on any atom is 0.336 e. The van der Waals surface area contributed by atoms with E-state index in [1.165, 1.54) is 5.56 Å². The molecule has 172 valence electrons. The molecule has 1 heterocycles. The third kappa shape index (κ3) is 6.11. The molecule has 0 aliphatic carbocycles. The Kier molecular flexibility index (Phi) is 7.63. The van der Waals surface area contributed by atoms with Crippen molar-refractivity contribution in [1.29, 1.82) is 0 Å². The molecular formula is C26H33ClN2O3. The normalized spacial score (nSPS) is 16.8. The Bertz CT molecular complexity index is 1000. The molecule has 2 N–H and O–H groups in total. The lowest BCUT2D eigenvalue weighted by Gasteiger charge is -2.26. The van der Waals surface area contributed by atoms with Gasteiger partial charge < -0.3 is 10.4 Å². The second-order valence-electron chi connectivity index (χ2n) is 9.71. The smallest absolute Gasteiger partial charge is 0.336 e. The van der Waals surface area contributed by atoms with Crippen molar-refractivity contribution in [3.63, 3.8) is 0 Å². The third-order valence-electron chi connectivity index (χ3n) is 6.24. The van der Waals surface area contributed by atoms with Gasteiger partial charge in [-0.1, -0.05) is 55.3 Å². The van der Waals surface area contributed by atoms with Gasteiger partial charge in [0, 0.05) is 30.1 Å². The number of rotatable bonds is 8. The minimum atomic E-state index is -0.945. The summed E-state index contributed by atoms with van der Waals surface area (Å²) in [5.74, 6) is -0.578. The molecule has 0 bridgehead atoms. The van der Waals surface area contributed by atoms with Crippen LogP contribution in [0.3, 0.4) is 0 Å². The van der Waals surface area contributed by atoms with E-state index in [9.17, 15) is 14.7 Å². The van der Waals surface area contributed by atoms with Gasteiger partial charge in [-0.3, -0.25) is 9.69 Å². The van der Waals surface area contributed by atoms with Gasteiger partial charge in [-0.05, 0) is 68.0 Å². The quantitative estimate of drug-likeness (QED) is 0.595. The average molecular weight is 457 g/mol. The molecule has 1 fully saturated rings. The van der Waals surface area contributed by atoms with Crippen LogP contribution < -0.4 is 5.32 Å². The Balaban J connectivity index is 1.56. The van der Waals surface area contributed by atoms with Gasteiger partial charge in [0.1, 0.15) is 0 Å². The van der Waals surface area contributed by atoms with Crippen LogP contribution in [0, 0.1) is 25.2 Å². The van der Waals surface area contributed by atoms with Crippen molar-refractivity contribution in [3.8, 4) is 0 Å². The van der Waals surface area contributed by atoms with Crippen LogP contribution in [0.4, 0.5) is 0 Å². The topological polar surface area (TPSA) is 69.6 Å². The Labute approximate surface area is 195 Å². The monoisotopic (exact) mass is 456 g/mol. The second kappa shape index (κ2) is 10.1. The van der Waals surface area contributed by atoms with Gasteiger partial charge in [0.2, 0.25) is 5.91 Å². The van der Waals surface area contributed by atoms with Crippen LogP contribution in [-0.2, 0) is 17.8 Å². The van der Waals surface area contributed by atoms with E-state index < -0.39 is 11.4 Å². The number of aryl methyl sites for hydroxylation is 2.